The Morgan fingerprint density at radius 3 is 2.67 bits per heavy atom. The van der Waals surface area contributed by atoms with Crippen molar-refractivity contribution >= 4 is 32.2 Å². The van der Waals surface area contributed by atoms with Crippen LogP contribution in [0.5, 0.6) is 0 Å². The summed E-state index contributed by atoms with van der Waals surface area (Å²) in [5.41, 5.74) is 6.50. The highest BCUT2D eigenvalue weighted by atomic mass is 32.2. The Morgan fingerprint density at radius 2 is 2.11 bits per heavy atom. The summed E-state index contributed by atoms with van der Waals surface area (Å²) in [5, 5.41) is 0.130. The third kappa shape index (κ3) is 2.44. The van der Waals surface area contributed by atoms with Crippen LogP contribution in [0, 0.1) is 13.8 Å². The lowest BCUT2D eigenvalue weighted by Gasteiger charge is -2.05. The van der Waals surface area contributed by atoms with E-state index in [1.807, 2.05) is 13.8 Å². The summed E-state index contributed by atoms with van der Waals surface area (Å²) in [4.78, 5) is 8.85. The van der Waals surface area contributed by atoms with Gasteiger partial charge in [-0.1, -0.05) is 0 Å². The molecule has 0 aromatic carbocycles. The topological polar surface area (TPSA) is 98.0 Å². The largest absolute Gasteiger partial charge is 0.396 e. The molecule has 0 fully saturated rings. The maximum atomic E-state index is 12.1. The normalized spacial score (nSPS) is 11.4. The lowest BCUT2D eigenvalue weighted by molar-refractivity contribution is 0.598. The van der Waals surface area contributed by atoms with Gasteiger partial charge in [-0.25, -0.2) is 9.97 Å². The van der Waals surface area contributed by atoms with Crippen molar-refractivity contribution in [2.45, 2.75) is 18.9 Å². The van der Waals surface area contributed by atoms with Gasteiger partial charge in [0, 0.05) is 11.1 Å². The molecule has 0 saturated carbocycles. The molecule has 96 valence electrons. The molecule has 0 aliphatic rings. The first kappa shape index (κ1) is 12.8. The molecule has 0 aliphatic heterocycles. The fourth-order valence-electron chi connectivity index (χ4n) is 1.31. The van der Waals surface area contributed by atoms with E-state index < -0.39 is 10.0 Å². The number of rotatable bonds is 3. The molecule has 6 nitrogen and oxygen atoms in total. The molecule has 2 rings (SSSR count). The second-order valence-corrected chi connectivity index (χ2v) is 6.46. The van der Waals surface area contributed by atoms with Crippen molar-refractivity contribution < 1.29 is 8.42 Å². The van der Waals surface area contributed by atoms with Crippen molar-refractivity contribution in [2.24, 2.45) is 0 Å². The number of hydrogen-bond donors (Lipinski definition) is 2. The van der Waals surface area contributed by atoms with Crippen LogP contribution in [0.1, 0.15) is 10.6 Å². The Kier molecular flexibility index (Phi) is 3.22. The molecule has 0 amide bonds. The number of aryl methyl sites for hydroxylation is 2. The number of nitrogens with zero attached hydrogens (tertiary/aromatic N) is 2. The maximum Gasteiger partial charge on any atom is 0.283 e. The van der Waals surface area contributed by atoms with Gasteiger partial charge in [0.05, 0.1) is 11.4 Å². The van der Waals surface area contributed by atoms with Crippen molar-refractivity contribution in [2.75, 3.05) is 10.5 Å². The number of nitrogens with two attached hydrogens (primary N) is 1. The van der Waals surface area contributed by atoms with Crippen LogP contribution in [0.15, 0.2) is 23.4 Å². The second kappa shape index (κ2) is 4.54. The molecule has 3 N–H and O–H groups in total. The van der Waals surface area contributed by atoms with Gasteiger partial charge in [0.25, 0.3) is 10.0 Å². The van der Waals surface area contributed by atoms with Crippen LogP contribution in [-0.2, 0) is 10.0 Å². The number of hydrogen-bond acceptors (Lipinski definition) is 6. The van der Waals surface area contributed by atoms with E-state index in [1.54, 1.807) is 6.07 Å². The lowest BCUT2D eigenvalue weighted by Crippen LogP contribution is -2.16. The molecule has 18 heavy (non-hydrogen) atoms. The van der Waals surface area contributed by atoms with Crippen molar-refractivity contribution in [3.05, 3.63) is 28.9 Å². The average molecular weight is 284 g/mol. The van der Waals surface area contributed by atoms with Gasteiger partial charge in [-0.3, -0.25) is 4.72 Å². The molecule has 2 aromatic heterocycles. The number of anilines is 2. The Bertz CT molecular complexity index is 659. The van der Waals surface area contributed by atoms with Crippen LogP contribution < -0.4 is 10.5 Å². The maximum absolute atomic E-state index is 12.1. The number of thiazole rings is 1. The Labute approximate surface area is 109 Å². The van der Waals surface area contributed by atoms with Gasteiger partial charge in [-0.15, -0.1) is 11.3 Å². The van der Waals surface area contributed by atoms with E-state index in [9.17, 15) is 8.42 Å². The summed E-state index contributed by atoms with van der Waals surface area (Å²) in [5.74, 6) is 0. The smallest absolute Gasteiger partial charge is 0.283 e. The molecule has 0 bridgehead atoms. The molecule has 2 aromatic rings. The Hall–Kier alpha value is -1.67. The van der Waals surface area contributed by atoms with Gasteiger partial charge in [0.15, 0.2) is 10.2 Å². The van der Waals surface area contributed by atoms with E-state index >= 15 is 0 Å². The molecule has 0 unspecified atom stereocenters. The van der Waals surface area contributed by atoms with Crippen molar-refractivity contribution in [3.8, 4) is 0 Å². The number of nitrogens with one attached hydrogen (secondary N) is 1. The molecule has 0 radical (unpaired) electrons. The predicted octanol–water partition coefficient (Wildman–Crippen LogP) is 1.54. The minimum absolute atomic E-state index is 0.106. The van der Waals surface area contributed by atoms with Crippen molar-refractivity contribution in [1.82, 2.24) is 9.97 Å². The molecule has 0 spiro atoms. The molecular weight excluding hydrogens is 272 g/mol. The third-order valence-electron chi connectivity index (χ3n) is 2.31. The van der Waals surface area contributed by atoms with Crippen LogP contribution in [0.2, 0.25) is 0 Å². The quantitative estimate of drug-likeness (QED) is 0.890. The molecule has 0 atom stereocenters. The highest BCUT2D eigenvalue weighted by Crippen LogP contribution is 2.24. The number of aromatic nitrogens is 2. The molecule has 0 aliphatic carbocycles. The summed E-state index contributed by atoms with van der Waals surface area (Å²) >= 11 is 1.27. The molecule has 8 heteroatoms. The van der Waals surface area contributed by atoms with Gasteiger partial charge >= 0.3 is 0 Å². The Morgan fingerprint density at radius 1 is 1.39 bits per heavy atom. The monoisotopic (exact) mass is 284 g/mol. The second-order valence-electron chi connectivity index (χ2n) is 3.66. The van der Waals surface area contributed by atoms with Gasteiger partial charge in [0.2, 0.25) is 0 Å². The van der Waals surface area contributed by atoms with Crippen molar-refractivity contribution in [1.29, 1.82) is 0 Å². The standard InChI is InChI=1S/C10H12N4O2S2/c1-6-7(2)17-10(13-6)14-18(15,16)9-8(11)4-3-5-12-9/h3-5H,11H2,1-2H3,(H,13,14). The van der Waals surface area contributed by atoms with E-state index in [0.717, 1.165) is 10.6 Å². The fourth-order valence-corrected chi connectivity index (χ4v) is 3.42. The number of sulfonamides is 1. The summed E-state index contributed by atoms with van der Waals surface area (Å²) in [7, 11) is -3.79. The molecular formula is C10H12N4O2S2. The number of pyridine rings is 1. The van der Waals surface area contributed by atoms with E-state index in [2.05, 4.69) is 14.7 Å². The van der Waals surface area contributed by atoms with Crippen LogP contribution in [0.3, 0.4) is 0 Å². The van der Waals surface area contributed by atoms with Crippen LogP contribution in [0.25, 0.3) is 0 Å². The van der Waals surface area contributed by atoms with Crippen molar-refractivity contribution in [3.63, 3.8) is 0 Å². The number of nitrogen functional groups attached to an aromatic ring is 1. The SMILES string of the molecule is Cc1nc(NS(=O)(=O)c2ncccc2N)sc1C. The van der Waals surface area contributed by atoms with Crippen LogP contribution >= 0.6 is 11.3 Å². The van der Waals surface area contributed by atoms with Crippen LogP contribution in [-0.4, -0.2) is 18.4 Å². The first-order chi connectivity index (χ1) is 8.40. The van der Waals surface area contributed by atoms with Crippen LogP contribution in [0.4, 0.5) is 10.8 Å². The summed E-state index contributed by atoms with van der Waals surface area (Å²) < 4.78 is 26.5. The summed E-state index contributed by atoms with van der Waals surface area (Å²) in [6.07, 6.45) is 1.38. The first-order valence-corrected chi connectivity index (χ1v) is 7.37. The van der Waals surface area contributed by atoms with Gasteiger partial charge < -0.3 is 5.73 Å². The van der Waals surface area contributed by atoms with Gasteiger partial charge in [0.1, 0.15) is 0 Å². The average Bonchev–Trinajstić information content (AvgIpc) is 2.57. The zero-order chi connectivity index (χ0) is 13.3. The lowest BCUT2D eigenvalue weighted by atomic mass is 10.4. The van der Waals surface area contributed by atoms with E-state index in [1.165, 1.54) is 23.6 Å². The summed E-state index contributed by atoms with van der Waals surface area (Å²) in [6.45, 7) is 3.69. The van der Waals surface area contributed by atoms with E-state index in [-0.39, 0.29) is 10.7 Å². The minimum atomic E-state index is -3.79. The fraction of sp³-hybridized carbons (Fsp3) is 0.200. The third-order valence-corrected chi connectivity index (χ3v) is 4.74. The highest BCUT2D eigenvalue weighted by molar-refractivity contribution is 7.93. The molecule has 2 heterocycles. The van der Waals surface area contributed by atoms with E-state index in [0.29, 0.717) is 5.13 Å². The summed E-state index contributed by atoms with van der Waals surface area (Å²) in [6, 6.07) is 3.06. The molecule has 0 saturated heterocycles. The zero-order valence-corrected chi connectivity index (χ0v) is 11.5. The van der Waals surface area contributed by atoms with Gasteiger partial charge in [-0.05, 0) is 26.0 Å². The highest BCUT2D eigenvalue weighted by Gasteiger charge is 2.20. The van der Waals surface area contributed by atoms with Gasteiger partial charge in [-0.2, -0.15) is 8.42 Å². The zero-order valence-electron chi connectivity index (χ0n) is 9.84. The van der Waals surface area contributed by atoms with E-state index in [4.69, 9.17) is 5.73 Å². The first-order valence-electron chi connectivity index (χ1n) is 5.07. The predicted molar refractivity (Wildman–Crippen MR) is 71.0 cm³/mol. The minimum Gasteiger partial charge on any atom is -0.396 e. The Balaban J connectivity index is 2.36.